The first-order valence-electron chi connectivity index (χ1n) is 31.9. The lowest BCUT2D eigenvalue weighted by molar-refractivity contribution is 0.581. The quantitative estimate of drug-likeness (QED) is 0.129. The zero-order valence-electron chi connectivity index (χ0n) is 53.7. The highest BCUT2D eigenvalue weighted by Gasteiger charge is 2.39. The van der Waals surface area contributed by atoms with Crippen LogP contribution < -0.4 is 0 Å². The topological polar surface area (TPSA) is 56.5 Å². The number of rotatable bonds is 11. The van der Waals surface area contributed by atoms with Crippen LogP contribution in [0.15, 0.2) is 261 Å². The van der Waals surface area contributed by atoms with Crippen molar-refractivity contribution in [2.24, 2.45) is 0 Å². The smallest absolute Gasteiger partial charge is 0.238 e. The van der Waals surface area contributed by atoms with Crippen LogP contribution in [-0.4, -0.2) is 24.5 Å². The third-order valence-electron chi connectivity index (χ3n) is 19.2. The fraction of sp³-hybridized carbons (Fsp3) is 0.126. The summed E-state index contributed by atoms with van der Waals surface area (Å²) in [6.45, 7) is 24.7. The summed E-state index contributed by atoms with van der Waals surface area (Å²) in [4.78, 5) is 21.9. The van der Waals surface area contributed by atoms with E-state index in [0.717, 1.165) is 88.7 Å². The molecule has 0 unspecified atom stereocenters. The van der Waals surface area contributed by atoms with Gasteiger partial charge in [0.15, 0.2) is 11.6 Å². The highest BCUT2D eigenvalue weighted by molar-refractivity contribution is 6.11. The van der Waals surface area contributed by atoms with Gasteiger partial charge < -0.3 is 0 Å². The van der Waals surface area contributed by atoms with E-state index in [2.05, 4.69) is 328 Å². The van der Waals surface area contributed by atoms with Crippen LogP contribution >= 0.6 is 0 Å². The molecule has 0 bridgehead atoms. The van der Waals surface area contributed by atoms with Gasteiger partial charge in [0.2, 0.25) is 5.95 Å². The number of fused-ring (bicyclic) bond motifs is 6. The number of hydrogen-bond acceptors (Lipinski definition) is 4. The second-order valence-electron chi connectivity index (χ2n) is 26.5. The predicted molar refractivity (Wildman–Crippen MR) is 386 cm³/mol. The van der Waals surface area contributed by atoms with Gasteiger partial charge in [0.25, 0.3) is 0 Å². The summed E-state index contributed by atoms with van der Waals surface area (Å²) < 4.78 is 2.26. The summed E-state index contributed by atoms with van der Waals surface area (Å²) in [7, 11) is 0. The molecule has 0 atom stereocenters. The first-order valence-corrected chi connectivity index (χ1v) is 31.9. The minimum atomic E-state index is -0.317. The molecule has 5 heteroatoms. The summed E-state index contributed by atoms with van der Waals surface area (Å²) in [5.41, 5.74) is 31.6. The first-order chi connectivity index (χ1) is 44.5. The molecule has 11 aromatic carbocycles. The van der Waals surface area contributed by atoms with E-state index in [-0.39, 0.29) is 10.8 Å². The lowest BCUT2D eigenvalue weighted by atomic mass is 9.80. The van der Waals surface area contributed by atoms with Crippen molar-refractivity contribution in [2.75, 3.05) is 0 Å². The molecule has 0 fully saturated rings. The molecule has 15 rings (SSSR count). The molecule has 444 valence electrons. The molecule has 1 aliphatic carbocycles. The van der Waals surface area contributed by atoms with Crippen molar-refractivity contribution in [3.05, 3.63) is 300 Å². The Labute approximate surface area is 540 Å². The van der Waals surface area contributed by atoms with Crippen molar-refractivity contribution >= 4 is 27.4 Å². The monoisotopic (exact) mass is 1190 g/mol. The van der Waals surface area contributed by atoms with Gasteiger partial charge in [-0.25, -0.2) is 4.98 Å². The van der Waals surface area contributed by atoms with Crippen LogP contribution in [0.1, 0.15) is 80.5 Å². The maximum atomic E-state index is 5.58. The molecule has 0 saturated carbocycles. The summed E-state index contributed by atoms with van der Waals surface area (Å²) in [5, 5.41) is 2.23. The lowest BCUT2D eigenvalue weighted by Crippen LogP contribution is -2.18. The van der Waals surface area contributed by atoms with Crippen LogP contribution in [0, 0.1) is 20.8 Å². The van der Waals surface area contributed by atoms with E-state index in [4.69, 9.17) is 19.9 Å². The Morgan fingerprint density at radius 3 is 1.35 bits per heavy atom. The number of para-hydroxylation sites is 1. The average Bonchev–Trinajstić information content (AvgIpc) is 1.55. The van der Waals surface area contributed by atoms with Crippen LogP contribution in [0.25, 0.3) is 145 Å². The molecule has 0 N–H and O–H groups in total. The van der Waals surface area contributed by atoms with Crippen molar-refractivity contribution in [3.8, 4) is 118 Å². The van der Waals surface area contributed by atoms with Crippen LogP contribution in [0.2, 0.25) is 0 Å². The number of nitrogens with zero attached hydrogens (tertiary/aromatic N) is 5. The molecule has 14 aromatic rings. The van der Waals surface area contributed by atoms with Crippen molar-refractivity contribution in [1.82, 2.24) is 24.5 Å². The number of benzene rings is 11. The molecular formula is C87H71N5. The Bertz CT molecular complexity index is 5210. The van der Waals surface area contributed by atoms with Gasteiger partial charge in [-0.05, 0) is 211 Å². The average molecular weight is 1190 g/mol. The second kappa shape index (κ2) is 22.6. The fourth-order valence-electron chi connectivity index (χ4n) is 14.4. The molecule has 3 aromatic heterocycles. The standard InChI is InChI=1S/C87H71N5/c1-53(2)68-46-69(57-26-14-11-15-27-57)48-70(47-68)64-36-22-32-60(42-64)62-34-24-38-66(44-62)83-89-84(91-85(90-83)92-77-41-21-20-40-72(77)73-50-74-75(51-78(73)92)87(9,10)76-49-71(86(6,7)8)52-88-82(74)76)67-39-25-35-63(45-67)61-33-23-37-65(43-61)81-55(4)79(58-28-16-12-17-29-58)54(3)80(56(81)5)59-30-18-13-19-31-59/h11-52H,1H2,2-10H3. The molecule has 0 radical (unpaired) electrons. The van der Waals surface area contributed by atoms with E-state index in [1.807, 2.05) is 0 Å². The molecule has 1 aliphatic rings. The molecule has 92 heavy (non-hydrogen) atoms. The highest BCUT2D eigenvalue weighted by atomic mass is 15.2. The summed E-state index contributed by atoms with van der Waals surface area (Å²) >= 11 is 0. The van der Waals surface area contributed by atoms with Crippen molar-refractivity contribution in [2.45, 2.75) is 73.1 Å². The predicted octanol–water partition coefficient (Wildman–Crippen LogP) is 22.9. The number of hydrogen-bond donors (Lipinski definition) is 0. The minimum absolute atomic E-state index is 0.0455. The molecule has 0 saturated heterocycles. The number of pyridine rings is 1. The zero-order chi connectivity index (χ0) is 63.2. The van der Waals surface area contributed by atoms with Gasteiger partial charge in [-0.3, -0.25) is 9.55 Å². The number of allylic oxidation sites excluding steroid dienone is 1. The third kappa shape index (κ3) is 10.1. The highest BCUT2D eigenvalue weighted by Crippen LogP contribution is 2.52. The summed E-state index contributed by atoms with van der Waals surface area (Å²) in [5.74, 6) is 1.69. The summed E-state index contributed by atoms with van der Waals surface area (Å²) in [6, 6.07) is 90.0. The van der Waals surface area contributed by atoms with E-state index in [0.29, 0.717) is 17.6 Å². The molecule has 0 spiro atoms. The summed E-state index contributed by atoms with van der Waals surface area (Å²) in [6.07, 6.45) is 2.07. The van der Waals surface area contributed by atoms with E-state index in [9.17, 15) is 0 Å². The van der Waals surface area contributed by atoms with Gasteiger partial charge in [0.05, 0.1) is 16.7 Å². The van der Waals surface area contributed by atoms with E-state index in [1.54, 1.807) is 0 Å². The molecular weight excluding hydrogens is 1110 g/mol. The van der Waals surface area contributed by atoms with Crippen LogP contribution in [0.3, 0.4) is 0 Å². The van der Waals surface area contributed by atoms with Crippen molar-refractivity contribution < 1.29 is 0 Å². The Morgan fingerprint density at radius 2 is 0.815 bits per heavy atom. The minimum Gasteiger partial charge on any atom is -0.278 e. The van der Waals surface area contributed by atoms with Gasteiger partial charge in [-0.15, -0.1) is 0 Å². The van der Waals surface area contributed by atoms with Crippen LogP contribution in [-0.2, 0) is 10.8 Å². The van der Waals surface area contributed by atoms with Gasteiger partial charge in [-0.1, -0.05) is 235 Å². The van der Waals surface area contributed by atoms with Crippen molar-refractivity contribution in [3.63, 3.8) is 0 Å². The Morgan fingerprint density at radius 1 is 0.391 bits per heavy atom. The molecule has 0 aliphatic heterocycles. The van der Waals surface area contributed by atoms with Crippen LogP contribution in [0.5, 0.6) is 0 Å². The van der Waals surface area contributed by atoms with Gasteiger partial charge in [0.1, 0.15) is 0 Å². The maximum Gasteiger partial charge on any atom is 0.238 e. The molecule has 0 amide bonds. The Hall–Kier alpha value is -10.9. The fourth-order valence-corrected chi connectivity index (χ4v) is 14.4. The van der Waals surface area contributed by atoms with E-state index in [1.165, 1.54) is 77.9 Å². The van der Waals surface area contributed by atoms with Gasteiger partial charge >= 0.3 is 0 Å². The normalized spacial score (nSPS) is 12.5. The molecule has 5 nitrogen and oxygen atoms in total. The van der Waals surface area contributed by atoms with Crippen LogP contribution in [0.4, 0.5) is 0 Å². The lowest BCUT2D eigenvalue weighted by Gasteiger charge is -2.24. The third-order valence-corrected chi connectivity index (χ3v) is 19.2. The SMILES string of the molecule is C=C(C)c1cc(-c2ccccc2)cc(-c2cccc(-c3cccc(-c4nc(-c5cccc(-c6cccc(-c7c(C)c(-c8ccccc8)c(C)c(-c8ccccc8)c7C)c6)c5)nc(-n5c6ccccc6c6cc7c(cc65)C(C)(C)c5cc(C(C)(C)C)cnc5-7)n4)c3)c2)c1. The van der Waals surface area contributed by atoms with Gasteiger partial charge in [-0.2, -0.15) is 9.97 Å². The number of aromatic nitrogens is 5. The van der Waals surface area contributed by atoms with Crippen molar-refractivity contribution in [1.29, 1.82) is 0 Å². The largest absolute Gasteiger partial charge is 0.278 e. The Kier molecular flexibility index (Phi) is 14.1. The Balaban J connectivity index is 0.892. The second-order valence-corrected chi connectivity index (χ2v) is 26.5. The maximum absolute atomic E-state index is 5.58. The first kappa shape index (κ1) is 57.6. The molecule has 3 heterocycles. The van der Waals surface area contributed by atoms with E-state index < -0.39 is 0 Å². The zero-order valence-corrected chi connectivity index (χ0v) is 53.7. The van der Waals surface area contributed by atoms with Gasteiger partial charge in [0, 0.05) is 39.1 Å². The van der Waals surface area contributed by atoms with E-state index >= 15 is 0 Å².